The van der Waals surface area contributed by atoms with Crippen LogP contribution < -0.4 is 0 Å². The van der Waals surface area contributed by atoms with Gasteiger partial charge in [-0.15, -0.1) is 0 Å². The summed E-state index contributed by atoms with van der Waals surface area (Å²) in [6.45, 7) is 7.82. The van der Waals surface area contributed by atoms with Crippen molar-refractivity contribution in [2.24, 2.45) is 13.0 Å². The van der Waals surface area contributed by atoms with Gasteiger partial charge in [0.25, 0.3) is 5.91 Å². The summed E-state index contributed by atoms with van der Waals surface area (Å²) in [6, 6.07) is 0. The van der Waals surface area contributed by atoms with Crippen LogP contribution in [-0.4, -0.2) is 45.7 Å². The van der Waals surface area contributed by atoms with E-state index in [9.17, 15) is 4.79 Å². The van der Waals surface area contributed by atoms with Crippen LogP contribution in [0.4, 0.5) is 0 Å². The van der Waals surface area contributed by atoms with Crippen LogP contribution in [0, 0.1) is 5.92 Å². The molecular formula is C16H27N3O2. The number of hydrogen-bond acceptors (Lipinski definition) is 3. The number of rotatable bonds is 5. The number of unbranched alkanes of at least 4 members (excludes halogenated alkanes) is 1. The molecule has 1 fully saturated rings. The normalized spacial score (nSPS) is 22.8. The topological polar surface area (TPSA) is 47.4 Å². The van der Waals surface area contributed by atoms with E-state index in [0.29, 0.717) is 24.7 Å². The van der Waals surface area contributed by atoms with Gasteiger partial charge in [-0.25, -0.2) is 4.98 Å². The van der Waals surface area contributed by atoms with Gasteiger partial charge in [0.2, 0.25) is 0 Å². The van der Waals surface area contributed by atoms with Crippen LogP contribution in [0.1, 0.15) is 50.5 Å². The minimum Gasteiger partial charge on any atom is -0.371 e. The molecule has 2 heterocycles. The van der Waals surface area contributed by atoms with Gasteiger partial charge in [-0.2, -0.15) is 0 Å². The van der Waals surface area contributed by atoms with E-state index in [4.69, 9.17) is 4.74 Å². The highest BCUT2D eigenvalue weighted by molar-refractivity contribution is 5.92. The van der Waals surface area contributed by atoms with Crippen LogP contribution in [0.2, 0.25) is 0 Å². The van der Waals surface area contributed by atoms with Crippen molar-refractivity contribution in [1.29, 1.82) is 0 Å². The van der Waals surface area contributed by atoms with Crippen LogP contribution in [0.3, 0.4) is 0 Å². The number of amides is 1. The molecule has 5 heteroatoms. The van der Waals surface area contributed by atoms with E-state index in [1.807, 2.05) is 16.5 Å². The van der Waals surface area contributed by atoms with E-state index < -0.39 is 0 Å². The molecule has 2 rings (SSSR count). The van der Waals surface area contributed by atoms with Crippen molar-refractivity contribution in [1.82, 2.24) is 14.5 Å². The minimum absolute atomic E-state index is 0.0195. The van der Waals surface area contributed by atoms with Gasteiger partial charge < -0.3 is 14.2 Å². The van der Waals surface area contributed by atoms with Gasteiger partial charge >= 0.3 is 0 Å². The second-order valence-corrected chi connectivity index (χ2v) is 6.32. The van der Waals surface area contributed by atoms with Crippen molar-refractivity contribution >= 4 is 5.91 Å². The molecule has 0 spiro atoms. The summed E-state index contributed by atoms with van der Waals surface area (Å²) in [4.78, 5) is 18.7. The first-order valence-electron chi connectivity index (χ1n) is 7.94. The summed E-state index contributed by atoms with van der Waals surface area (Å²) in [7, 11) is 1.88. The van der Waals surface area contributed by atoms with E-state index >= 15 is 0 Å². The molecule has 1 aromatic rings. The van der Waals surface area contributed by atoms with Crippen molar-refractivity contribution in [3.8, 4) is 0 Å². The summed E-state index contributed by atoms with van der Waals surface area (Å²) in [6.07, 6.45) is 7.03. The molecule has 0 radical (unpaired) electrons. The molecule has 1 amide bonds. The zero-order valence-electron chi connectivity index (χ0n) is 13.6. The van der Waals surface area contributed by atoms with Crippen molar-refractivity contribution in [3.05, 3.63) is 18.2 Å². The standard InChI is InChI=1S/C16H27N3O2/c1-5-6-7-13-8-19(10-15(21-13)12(2)3)16(20)14-9-18(4)11-17-14/h9,11-13,15H,5-8,10H2,1-4H3/t13-,15-/m1/s1. The maximum atomic E-state index is 12.6. The predicted molar refractivity (Wildman–Crippen MR) is 82.1 cm³/mol. The van der Waals surface area contributed by atoms with Gasteiger partial charge in [-0.1, -0.05) is 33.6 Å². The number of morpholine rings is 1. The Morgan fingerprint density at radius 3 is 2.81 bits per heavy atom. The lowest BCUT2D eigenvalue weighted by Crippen LogP contribution is -2.51. The number of hydrogen-bond donors (Lipinski definition) is 0. The highest BCUT2D eigenvalue weighted by Gasteiger charge is 2.32. The third-order valence-corrected chi connectivity index (χ3v) is 4.03. The van der Waals surface area contributed by atoms with E-state index in [0.717, 1.165) is 19.3 Å². The molecule has 21 heavy (non-hydrogen) atoms. The molecule has 0 saturated carbocycles. The summed E-state index contributed by atoms with van der Waals surface area (Å²) < 4.78 is 7.96. The third kappa shape index (κ3) is 4.06. The van der Waals surface area contributed by atoms with E-state index in [2.05, 4.69) is 25.8 Å². The van der Waals surface area contributed by atoms with E-state index in [1.54, 1.807) is 12.5 Å². The number of aryl methyl sites for hydroxylation is 1. The number of carbonyl (C=O) groups excluding carboxylic acids is 1. The zero-order valence-corrected chi connectivity index (χ0v) is 13.6. The summed E-state index contributed by atoms with van der Waals surface area (Å²) in [5, 5.41) is 0. The first-order valence-corrected chi connectivity index (χ1v) is 7.94. The average molecular weight is 293 g/mol. The van der Waals surface area contributed by atoms with Gasteiger partial charge in [0.05, 0.1) is 18.5 Å². The zero-order chi connectivity index (χ0) is 15.4. The minimum atomic E-state index is 0.0195. The second kappa shape index (κ2) is 7.07. The summed E-state index contributed by atoms with van der Waals surface area (Å²) in [5.41, 5.74) is 0.524. The highest BCUT2D eigenvalue weighted by atomic mass is 16.5. The van der Waals surface area contributed by atoms with Gasteiger partial charge in [-0.3, -0.25) is 4.79 Å². The summed E-state index contributed by atoms with van der Waals surface area (Å²) >= 11 is 0. The third-order valence-electron chi connectivity index (χ3n) is 4.03. The molecule has 0 aliphatic carbocycles. The molecule has 1 saturated heterocycles. The smallest absolute Gasteiger partial charge is 0.274 e. The lowest BCUT2D eigenvalue weighted by molar-refractivity contribution is -0.0963. The Kier molecular flexibility index (Phi) is 5.39. The molecular weight excluding hydrogens is 266 g/mol. The molecule has 0 unspecified atom stereocenters. The van der Waals surface area contributed by atoms with E-state index in [-0.39, 0.29) is 18.1 Å². The Labute approximate surface area is 127 Å². The SMILES string of the molecule is CCCC[C@@H]1CN(C(=O)c2cn(C)cn2)C[C@H](C(C)C)O1. The monoisotopic (exact) mass is 293 g/mol. The number of nitrogens with zero attached hydrogens (tertiary/aromatic N) is 3. The average Bonchev–Trinajstić information content (AvgIpc) is 2.90. The van der Waals surface area contributed by atoms with Crippen LogP contribution in [0.5, 0.6) is 0 Å². The first-order chi connectivity index (χ1) is 10.0. The molecule has 0 N–H and O–H groups in total. The summed E-state index contributed by atoms with van der Waals surface area (Å²) in [5.74, 6) is 0.430. The number of aromatic nitrogens is 2. The fourth-order valence-corrected chi connectivity index (χ4v) is 2.68. The quantitative estimate of drug-likeness (QED) is 0.838. The fourth-order valence-electron chi connectivity index (χ4n) is 2.68. The molecule has 118 valence electrons. The molecule has 1 aromatic heterocycles. The molecule has 0 bridgehead atoms. The van der Waals surface area contributed by atoms with Gasteiger partial charge in [0.15, 0.2) is 0 Å². The first kappa shape index (κ1) is 16.0. The van der Waals surface area contributed by atoms with Crippen LogP contribution in [0.15, 0.2) is 12.5 Å². The molecule has 0 aromatic carbocycles. The van der Waals surface area contributed by atoms with Crippen molar-refractivity contribution in [3.63, 3.8) is 0 Å². The Bertz CT molecular complexity index is 470. The van der Waals surface area contributed by atoms with Crippen LogP contribution in [-0.2, 0) is 11.8 Å². The number of carbonyl (C=O) groups is 1. The van der Waals surface area contributed by atoms with Crippen molar-refractivity contribution in [2.75, 3.05) is 13.1 Å². The van der Waals surface area contributed by atoms with Gasteiger partial charge in [-0.05, 0) is 12.3 Å². The van der Waals surface area contributed by atoms with E-state index in [1.165, 1.54) is 0 Å². The molecule has 1 aliphatic heterocycles. The van der Waals surface area contributed by atoms with Crippen LogP contribution >= 0.6 is 0 Å². The second-order valence-electron chi connectivity index (χ2n) is 6.32. The van der Waals surface area contributed by atoms with Crippen LogP contribution in [0.25, 0.3) is 0 Å². The number of ether oxygens (including phenoxy) is 1. The Morgan fingerprint density at radius 2 is 2.24 bits per heavy atom. The Morgan fingerprint density at radius 1 is 1.48 bits per heavy atom. The lowest BCUT2D eigenvalue weighted by atomic mass is 10.0. The number of imidazole rings is 1. The molecule has 5 nitrogen and oxygen atoms in total. The van der Waals surface area contributed by atoms with Gasteiger partial charge in [0.1, 0.15) is 5.69 Å². The highest BCUT2D eigenvalue weighted by Crippen LogP contribution is 2.22. The maximum absolute atomic E-state index is 12.6. The van der Waals surface area contributed by atoms with Crippen molar-refractivity contribution in [2.45, 2.75) is 52.2 Å². The predicted octanol–water partition coefficient (Wildman–Crippen LogP) is 2.48. The van der Waals surface area contributed by atoms with Crippen molar-refractivity contribution < 1.29 is 9.53 Å². The lowest BCUT2D eigenvalue weighted by Gasteiger charge is -2.39. The fraction of sp³-hybridized carbons (Fsp3) is 0.750. The largest absolute Gasteiger partial charge is 0.371 e. The molecule has 1 aliphatic rings. The van der Waals surface area contributed by atoms with Gasteiger partial charge in [0, 0.05) is 26.3 Å². The Hall–Kier alpha value is -1.36. The molecule has 2 atom stereocenters. The Balaban J connectivity index is 2.07. The maximum Gasteiger partial charge on any atom is 0.274 e.